The lowest BCUT2D eigenvalue weighted by atomic mass is 10.1. The summed E-state index contributed by atoms with van der Waals surface area (Å²) >= 11 is 0. The Hall–Kier alpha value is -3.26. The topological polar surface area (TPSA) is 120 Å². The van der Waals surface area contributed by atoms with Gasteiger partial charge in [-0.25, -0.2) is 4.98 Å². The first-order valence-electron chi connectivity index (χ1n) is 7.15. The van der Waals surface area contributed by atoms with Crippen LogP contribution in [0, 0.1) is 10.1 Å². The zero-order chi connectivity index (χ0) is 17.1. The maximum Gasteiger partial charge on any atom is 0.270 e. The Labute approximate surface area is 137 Å². The monoisotopic (exact) mass is 325 g/mol. The second-order valence-electron chi connectivity index (χ2n) is 5.07. The molecule has 0 spiro atoms. The van der Waals surface area contributed by atoms with Gasteiger partial charge >= 0.3 is 0 Å². The van der Waals surface area contributed by atoms with Crippen LogP contribution in [0.4, 0.5) is 5.69 Å². The molecular weight excluding hydrogens is 310 g/mol. The molecule has 24 heavy (non-hydrogen) atoms. The average molecular weight is 325 g/mol. The van der Waals surface area contributed by atoms with E-state index >= 15 is 0 Å². The molecule has 122 valence electrons. The highest BCUT2D eigenvalue weighted by Crippen LogP contribution is 2.31. The van der Waals surface area contributed by atoms with Crippen molar-refractivity contribution in [1.29, 1.82) is 0 Å². The van der Waals surface area contributed by atoms with Crippen molar-refractivity contribution in [3.63, 3.8) is 0 Å². The van der Waals surface area contributed by atoms with E-state index in [4.69, 9.17) is 10.5 Å². The van der Waals surface area contributed by atoms with Crippen LogP contribution in [0.1, 0.15) is 17.4 Å². The molecule has 0 aliphatic rings. The standard InChI is InChI=1S/C16H15N5O3/c1-24-13-8-7-11(21(22)23)9-12(13)15-18-16(20-19-15)14(17)10-5-3-2-4-6-10/h2-9,14H,17H2,1H3,(H,18,19,20)/t14-/m1/s1. The van der Waals surface area contributed by atoms with Crippen LogP contribution in [0.15, 0.2) is 48.5 Å². The van der Waals surface area contributed by atoms with Crippen LogP contribution in [-0.4, -0.2) is 27.2 Å². The van der Waals surface area contributed by atoms with Gasteiger partial charge in [0.1, 0.15) is 11.6 Å². The Morgan fingerprint density at radius 3 is 2.67 bits per heavy atom. The summed E-state index contributed by atoms with van der Waals surface area (Å²) in [5.74, 6) is 1.20. The van der Waals surface area contributed by atoms with Crippen molar-refractivity contribution >= 4 is 5.69 Å². The Morgan fingerprint density at radius 1 is 1.25 bits per heavy atom. The predicted octanol–water partition coefficient (Wildman–Crippen LogP) is 2.44. The number of benzene rings is 2. The highest BCUT2D eigenvalue weighted by Gasteiger charge is 2.19. The molecular formula is C16H15N5O3. The third-order valence-electron chi connectivity index (χ3n) is 3.59. The van der Waals surface area contributed by atoms with Gasteiger partial charge in [0, 0.05) is 12.1 Å². The number of nitrogens with zero attached hydrogens (tertiary/aromatic N) is 3. The molecule has 0 bridgehead atoms. The van der Waals surface area contributed by atoms with Gasteiger partial charge in [-0.15, -0.1) is 0 Å². The maximum absolute atomic E-state index is 11.0. The van der Waals surface area contributed by atoms with Crippen LogP contribution in [0.5, 0.6) is 5.75 Å². The molecule has 0 amide bonds. The molecule has 8 nitrogen and oxygen atoms in total. The van der Waals surface area contributed by atoms with Crippen LogP contribution in [-0.2, 0) is 0 Å². The molecule has 0 aliphatic carbocycles. The molecule has 0 fully saturated rings. The van der Waals surface area contributed by atoms with Gasteiger partial charge in [0.05, 0.1) is 23.6 Å². The van der Waals surface area contributed by atoms with E-state index in [0.29, 0.717) is 17.1 Å². The third kappa shape index (κ3) is 2.95. The minimum absolute atomic E-state index is 0.0653. The number of nitro benzene ring substituents is 1. The zero-order valence-corrected chi connectivity index (χ0v) is 12.8. The highest BCUT2D eigenvalue weighted by atomic mass is 16.6. The summed E-state index contributed by atoms with van der Waals surface area (Å²) in [6, 6.07) is 13.2. The molecule has 1 aromatic heterocycles. The number of hydrogen-bond acceptors (Lipinski definition) is 6. The molecule has 0 unspecified atom stereocenters. The van der Waals surface area contributed by atoms with Crippen molar-refractivity contribution in [2.75, 3.05) is 7.11 Å². The maximum atomic E-state index is 11.0. The van der Waals surface area contributed by atoms with E-state index < -0.39 is 11.0 Å². The zero-order valence-electron chi connectivity index (χ0n) is 12.8. The van der Waals surface area contributed by atoms with E-state index in [-0.39, 0.29) is 11.5 Å². The smallest absolute Gasteiger partial charge is 0.270 e. The van der Waals surface area contributed by atoms with E-state index in [0.717, 1.165) is 5.56 Å². The summed E-state index contributed by atoms with van der Waals surface area (Å²) in [5, 5.41) is 17.9. The van der Waals surface area contributed by atoms with Crippen molar-refractivity contribution < 1.29 is 9.66 Å². The summed E-state index contributed by atoms with van der Waals surface area (Å²) < 4.78 is 5.24. The summed E-state index contributed by atoms with van der Waals surface area (Å²) in [5.41, 5.74) is 7.42. The van der Waals surface area contributed by atoms with E-state index in [2.05, 4.69) is 15.2 Å². The first-order chi connectivity index (χ1) is 11.6. The number of rotatable bonds is 5. The quantitative estimate of drug-likeness (QED) is 0.549. The largest absolute Gasteiger partial charge is 0.496 e. The van der Waals surface area contributed by atoms with E-state index in [1.54, 1.807) is 0 Å². The molecule has 3 N–H and O–H groups in total. The number of nitrogens with two attached hydrogens (primary N) is 1. The SMILES string of the molecule is COc1ccc([N+](=O)[O-])cc1-c1n[nH]c([C@H](N)c2ccccc2)n1. The van der Waals surface area contributed by atoms with E-state index in [1.807, 2.05) is 30.3 Å². The third-order valence-corrected chi connectivity index (χ3v) is 3.59. The summed E-state index contributed by atoms with van der Waals surface area (Å²) in [6.07, 6.45) is 0. The number of aromatic amines is 1. The number of non-ortho nitro benzene ring substituents is 1. The first kappa shape index (κ1) is 15.6. The number of H-pyrrole nitrogens is 1. The normalized spacial score (nSPS) is 11.9. The Morgan fingerprint density at radius 2 is 2.00 bits per heavy atom. The van der Waals surface area contributed by atoms with E-state index in [1.165, 1.54) is 25.3 Å². The molecule has 0 radical (unpaired) electrons. The molecule has 8 heteroatoms. The fourth-order valence-corrected chi connectivity index (χ4v) is 2.34. The average Bonchev–Trinajstić information content (AvgIpc) is 3.11. The van der Waals surface area contributed by atoms with Gasteiger partial charge in [0.25, 0.3) is 5.69 Å². The lowest BCUT2D eigenvalue weighted by Gasteiger charge is -2.08. The lowest BCUT2D eigenvalue weighted by molar-refractivity contribution is -0.384. The van der Waals surface area contributed by atoms with Crippen LogP contribution in [0.25, 0.3) is 11.4 Å². The molecule has 0 saturated heterocycles. The van der Waals surface area contributed by atoms with Gasteiger partial charge in [-0.05, 0) is 11.6 Å². The molecule has 3 rings (SSSR count). The summed E-state index contributed by atoms with van der Waals surface area (Å²) in [6.45, 7) is 0. The van der Waals surface area contributed by atoms with Crippen LogP contribution in [0.2, 0.25) is 0 Å². The molecule has 1 atom stereocenters. The van der Waals surface area contributed by atoms with Gasteiger partial charge in [-0.2, -0.15) is 5.10 Å². The van der Waals surface area contributed by atoms with Crippen molar-refractivity contribution in [2.45, 2.75) is 6.04 Å². The summed E-state index contributed by atoms with van der Waals surface area (Å²) in [7, 11) is 1.48. The minimum Gasteiger partial charge on any atom is -0.496 e. The van der Waals surface area contributed by atoms with E-state index in [9.17, 15) is 10.1 Å². The Kier molecular flexibility index (Phi) is 4.21. The lowest BCUT2D eigenvalue weighted by Crippen LogP contribution is -2.13. The molecule has 0 saturated carbocycles. The number of nitro groups is 1. The van der Waals surface area contributed by atoms with Crippen LogP contribution < -0.4 is 10.5 Å². The molecule has 3 aromatic rings. The Bertz CT molecular complexity index is 863. The predicted molar refractivity (Wildman–Crippen MR) is 87.5 cm³/mol. The van der Waals surface area contributed by atoms with Gasteiger partial charge in [0.15, 0.2) is 5.82 Å². The van der Waals surface area contributed by atoms with Gasteiger partial charge in [-0.1, -0.05) is 30.3 Å². The number of aromatic nitrogens is 3. The number of nitrogens with one attached hydrogen (secondary N) is 1. The molecule has 2 aromatic carbocycles. The second-order valence-corrected chi connectivity index (χ2v) is 5.07. The fraction of sp³-hybridized carbons (Fsp3) is 0.125. The van der Waals surface area contributed by atoms with Crippen molar-refractivity contribution in [1.82, 2.24) is 15.2 Å². The van der Waals surface area contributed by atoms with Crippen molar-refractivity contribution in [3.8, 4) is 17.1 Å². The van der Waals surface area contributed by atoms with Crippen molar-refractivity contribution in [2.24, 2.45) is 5.73 Å². The van der Waals surface area contributed by atoms with Crippen LogP contribution >= 0.6 is 0 Å². The molecule has 1 heterocycles. The minimum atomic E-state index is -0.480. The second kappa shape index (κ2) is 6.47. The highest BCUT2D eigenvalue weighted by molar-refractivity contribution is 5.67. The number of ether oxygens (including phenoxy) is 1. The molecule has 0 aliphatic heterocycles. The Balaban J connectivity index is 1.99. The number of hydrogen-bond donors (Lipinski definition) is 2. The van der Waals surface area contributed by atoms with Crippen molar-refractivity contribution in [3.05, 3.63) is 70.0 Å². The van der Waals surface area contributed by atoms with Gasteiger partial charge < -0.3 is 10.5 Å². The fourth-order valence-electron chi connectivity index (χ4n) is 2.34. The summed E-state index contributed by atoms with van der Waals surface area (Å²) in [4.78, 5) is 14.9. The van der Waals surface area contributed by atoms with Gasteiger partial charge in [0.2, 0.25) is 0 Å². The number of methoxy groups -OCH3 is 1. The first-order valence-corrected chi connectivity index (χ1v) is 7.15. The van der Waals surface area contributed by atoms with Crippen LogP contribution in [0.3, 0.4) is 0 Å². The van der Waals surface area contributed by atoms with Gasteiger partial charge in [-0.3, -0.25) is 15.2 Å².